The second-order valence-electron chi connectivity index (χ2n) is 6.38. The summed E-state index contributed by atoms with van der Waals surface area (Å²) in [5.74, 6) is 1.89. The molecule has 27 heavy (non-hydrogen) atoms. The maximum absolute atomic E-state index is 5.20. The normalized spacial score (nSPS) is 14.5. The number of para-hydroxylation sites is 1. The van der Waals surface area contributed by atoms with Gasteiger partial charge in [-0.05, 0) is 36.2 Å². The fraction of sp³-hybridized carbons (Fsp3) is 0.381. The topological polar surface area (TPSA) is 40.1 Å². The number of rotatable bonds is 5. The van der Waals surface area contributed by atoms with E-state index in [9.17, 15) is 0 Å². The lowest BCUT2D eigenvalue weighted by molar-refractivity contribution is 0.373. The van der Waals surface area contributed by atoms with Gasteiger partial charge in [0.1, 0.15) is 5.75 Å². The van der Waals surface area contributed by atoms with E-state index in [0.29, 0.717) is 0 Å². The van der Waals surface area contributed by atoms with Gasteiger partial charge < -0.3 is 19.9 Å². The van der Waals surface area contributed by atoms with Crippen LogP contribution in [0.15, 0.2) is 59.6 Å². The molecule has 0 unspecified atom stereocenters. The van der Waals surface area contributed by atoms with E-state index in [-0.39, 0.29) is 24.0 Å². The van der Waals surface area contributed by atoms with Gasteiger partial charge in [0.2, 0.25) is 0 Å². The molecule has 2 aromatic carbocycles. The summed E-state index contributed by atoms with van der Waals surface area (Å²) < 4.78 is 5.20. The van der Waals surface area contributed by atoms with Crippen molar-refractivity contribution in [3.63, 3.8) is 0 Å². The second-order valence-corrected chi connectivity index (χ2v) is 6.38. The first-order valence-electron chi connectivity index (χ1n) is 9.18. The summed E-state index contributed by atoms with van der Waals surface area (Å²) in [6.45, 7) is 4.87. The molecule has 6 heteroatoms. The third-order valence-corrected chi connectivity index (χ3v) is 4.77. The number of halogens is 1. The van der Waals surface area contributed by atoms with Crippen LogP contribution in [0.5, 0.6) is 5.75 Å². The van der Waals surface area contributed by atoms with Crippen LogP contribution in [0.25, 0.3) is 0 Å². The average molecular weight is 480 g/mol. The Balaban J connectivity index is 0.00000261. The van der Waals surface area contributed by atoms with Crippen molar-refractivity contribution >= 4 is 35.6 Å². The Kier molecular flexibility index (Phi) is 8.71. The van der Waals surface area contributed by atoms with Crippen molar-refractivity contribution < 1.29 is 4.74 Å². The summed E-state index contributed by atoms with van der Waals surface area (Å²) in [4.78, 5) is 9.23. The third-order valence-electron chi connectivity index (χ3n) is 4.77. The summed E-state index contributed by atoms with van der Waals surface area (Å²) in [6, 6.07) is 18.9. The third kappa shape index (κ3) is 6.02. The van der Waals surface area contributed by atoms with E-state index in [4.69, 9.17) is 4.74 Å². The van der Waals surface area contributed by atoms with E-state index in [1.54, 1.807) is 7.11 Å². The van der Waals surface area contributed by atoms with Crippen molar-refractivity contribution in [1.29, 1.82) is 0 Å². The van der Waals surface area contributed by atoms with Crippen LogP contribution in [0.2, 0.25) is 0 Å². The summed E-state index contributed by atoms with van der Waals surface area (Å²) in [5.41, 5.74) is 2.59. The van der Waals surface area contributed by atoms with Gasteiger partial charge in [-0.15, -0.1) is 24.0 Å². The second kappa shape index (κ2) is 11.0. The van der Waals surface area contributed by atoms with Crippen molar-refractivity contribution in [3.05, 3.63) is 60.2 Å². The van der Waals surface area contributed by atoms with Crippen LogP contribution >= 0.6 is 24.0 Å². The molecular formula is C21H29IN4O. The van der Waals surface area contributed by atoms with Gasteiger partial charge in [-0.25, -0.2) is 0 Å². The number of nitrogens with one attached hydrogen (secondary N) is 1. The molecule has 0 bridgehead atoms. The Labute approximate surface area is 179 Å². The highest BCUT2D eigenvalue weighted by Gasteiger charge is 2.19. The van der Waals surface area contributed by atoms with Crippen molar-refractivity contribution in [1.82, 2.24) is 10.2 Å². The van der Waals surface area contributed by atoms with Gasteiger partial charge in [-0.1, -0.05) is 30.3 Å². The monoisotopic (exact) mass is 480 g/mol. The molecule has 0 spiro atoms. The molecule has 0 aliphatic carbocycles. The largest absolute Gasteiger partial charge is 0.497 e. The van der Waals surface area contributed by atoms with Crippen LogP contribution in [0.1, 0.15) is 5.56 Å². The molecular weight excluding hydrogens is 451 g/mol. The molecule has 1 aliphatic rings. The molecule has 3 rings (SSSR count). The van der Waals surface area contributed by atoms with Crippen molar-refractivity contribution in [2.75, 3.05) is 51.8 Å². The lowest BCUT2D eigenvalue weighted by Gasteiger charge is -2.37. The van der Waals surface area contributed by atoms with Gasteiger partial charge in [0, 0.05) is 45.5 Å². The minimum atomic E-state index is 0. The number of benzene rings is 2. The Hall–Kier alpha value is -1.96. The van der Waals surface area contributed by atoms with Crippen LogP contribution in [0, 0.1) is 0 Å². The molecule has 2 aromatic rings. The SMILES string of the molecule is CN=C(NCCc1ccc(OC)cc1)N1CCN(c2ccccc2)CC1.I. The van der Waals surface area contributed by atoms with E-state index in [1.165, 1.54) is 11.3 Å². The summed E-state index contributed by atoms with van der Waals surface area (Å²) in [7, 11) is 3.55. The predicted molar refractivity (Wildman–Crippen MR) is 124 cm³/mol. The zero-order chi connectivity index (χ0) is 18.2. The van der Waals surface area contributed by atoms with E-state index < -0.39 is 0 Å². The minimum absolute atomic E-state index is 0. The van der Waals surface area contributed by atoms with Gasteiger partial charge in [-0.2, -0.15) is 0 Å². The zero-order valence-corrected chi connectivity index (χ0v) is 18.4. The summed E-state index contributed by atoms with van der Waals surface area (Å²) >= 11 is 0. The molecule has 1 saturated heterocycles. The number of hydrogen-bond acceptors (Lipinski definition) is 3. The molecule has 1 N–H and O–H groups in total. The van der Waals surface area contributed by atoms with Gasteiger partial charge in [0.25, 0.3) is 0 Å². The fourth-order valence-corrected chi connectivity index (χ4v) is 3.26. The molecule has 1 aliphatic heterocycles. The van der Waals surface area contributed by atoms with E-state index in [1.807, 2.05) is 19.2 Å². The zero-order valence-electron chi connectivity index (χ0n) is 16.1. The van der Waals surface area contributed by atoms with Crippen molar-refractivity contribution in [3.8, 4) is 5.75 Å². The average Bonchev–Trinajstić information content (AvgIpc) is 2.72. The fourth-order valence-electron chi connectivity index (χ4n) is 3.26. The first kappa shape index (κ1) is 21.3. The minimum Gasteiger partial charge on any atom is -0.497 e. The standard InChI is InChI=1S/C21H28N4O.HI/c1-22-21(23-13-12-18-8-10-20(26-2)11-9-18)25-16-14-24(15-17-25)19-6-4-3-5-7-19;/h3-11H,12-17H2,1-2H3,(H,22,23);1H. The maximum Gasteiger partial charge on any atom is 0.193 e. The van der Waals surface area contributed by atoms with Gasteiger partial charge in [-0.3, -0.25) is 4.99 Å². The molecule has 0 saturated carbocycles. The molecule has 146 valence electrons. The molecule has 1 fully saturated rings. The van der Waals surface area contributed by atoms with Gasteiger partial charge in [0.15, 0.2) is 5.96 Å². The van der Waals surface area contributed by atoms with Crippen LogP contribution in [-0.4, -0.2) is 57.7 Å². The number of aliphatic imine (C=N–C) groups is 1. The number of piperazine rings is 1. The molecule has 0 atom stereocenters. The van der Waals surface area contributed by atoms with Crippen LogP contribution in [-0.2, 0) is 6.42 Å². The van der Waals surface area contributed by atoms with E-state index in [2.05, 4.69) is 62.6 Å². The number of ether oxygens (including phenoxy) is 1. The molecule has 0 aromatic heterocycles. The number of nitrogens with zero attached hydrogens (tertiary/aromatic N) is 3. The van der Waals surface area contributed by atoms with Crippen LogP contribution in [0.4, 0.5) is 5.69 Å². The lowest BCUT2D eigenvalue weighted by Crippen LogP contribution is -2.52. The number of guanidine groups is 1. The maximum atomic E-state index is 5.20. The predicted octanol–water partition coefficient (Wildman–Crippen LogP) is 3.25. The van der Waals surface area contributed by atoms with E-state index in [0.717, 1.165) is 50.9 Å². The molecule has 0 amide bonds. The summed E-state index contributed by atoms with van der Waals surface area (Å²) in [5, 5.41) is 3.50. The van der Waals surface area contributed by atoms with Gasteiger partial charge >= 0.3 is 0 Å². The first-order chi connectivity index (χ1) is 12.8. The molecule has 1 heterocycles. The Morgan fingerprint density at radius 1 is 1.00 bits per heavy atom. The van der Waals surface area contributed by atoms with Crippen molar-refractivity contribution in [2.45, 2.75) is 6.42 Å². The smallest absolute Gasteiger partial charge is 0.193 e. The number of anilines is 1. The van der Waals surface area contributed by atoms with Gasteiger partial charge in [0.05, 0.1) is 7.11 Å². The number of hydrogen-bond donors (Lipinski definition) is 1. The highest BCUT2D eigenvalue weighted by molar-refractivity contribution is 14.0. The first-order valence-corrected chi connectivity index (χ1v) is 9.18. The highest BCUT2D eigenvalue weighted by Crippen LogP contribution is 2.15. The van der Waals surface area contributed by atoms with Crippen LogP contribution in [0.3, 0.4) is 0 Å². The van der Waals surface area contributed by atoms with E-state index >= 15 is 0 Å². The Morgan fingerprint density at radius 3 is 2.26 bits per heavy atom. The molecule has 0 radical (unpaired) electrons. The van der Waals surface area contributed by atoms with Crippen LogP contribution < -0.4 is 15.0 Å². The molecule has 5 nitrogen and oxygen atoms in total. The lowest BCUT2D eigenvalue weighted by atomic mass is 10.1. The number of methoxy groups -OCH3 is 1. The highest BCUT2D eigenvalue weighted by atomic mass is 127. The Bertz CT molecular complexity index is 698. The quantitative estimate of drug-likeness (QED) is 0.405. The summed E-state index contributed by atoms with van der Waals surface area (Å²) in [6.07, 6.45) is 0.965. The Morgan fingerprint density at radius 2 is 1.67 bits per heavy atom. The van der Waals surface area contributed by atoms with Crippen molar-refractivity contribution in [2.24, 2.45) is 4.99 Å².